The predicted molar refractivity (Wildman–Crippen MR) is 127 cm³/mol. The molecule has 1 saturated carbocycles. The second kappa shape index (κ2) is 8.94. The van der Waals surface area contributed by atoms with Crippen LogP contribution in [0, 0.1) is 6.92 Å². The second-order valence-corrected chi connectivity index (χ2v) is 9.02. The van der Waals surface area contributed by atoms with Crippen molar-refractivity contribution in [1.82, 2.24) is 25.1 Å². The number of hydrogen-bond acceptors (Lipinski definition) is 6. The van der Waals surface area contributed by atoms with E-state index < -0.39 is 0 Å². The van der Waals surface area contributed by atoms with E-state index in [9.17, 15) is 4.79 Å². The van der Waals surface area contributed by atoms with Crippen LogP contribution in [0.25, 0.3) is 22.4 Å². The molecule has 3 aromatic rings. The Hall–Kier alpha value is -2.87. The molecule has 2 fully saturated rings. The average molecular weight is 437 g/mol. The van der Waals surface area contributed by atoms with Crippen molar-refractivity contribution >= 4 is 16.7 Å². The molecule has 3 N–H and O–H groups in total. The Bertz CT molecular complexity index is 1160. The lowest BCUT2D eigenvalue weighted by atomic mass is 9.95. The van der Waals surface area contributed by atoms with E-state index in [-0.39, 0.29) is 11.6 Å². The van der Waals surface area contributed by atoms with Crippen molar-refractivity contribution in [3.05, 3.63) is 34.2 Å². The molecule has 2 aliphatic rings. The molecule has 1 aliphatic carbocycles. The molecule has 0 spiro atoms. The largest absolute Gasteiger partial charge is 0.496 e. The summed E-state index contributed by atoms with van der Waals surface area (Å²) in [7, 11) is 1.65. The van der Waals surface area contributed by atoms with E-state index in [1.165, 1.54) is 19.3 Å². The number of anilines is 1. The fraction of sp³-hybridized carbons (Fsp3) is 0.542. The predicted octanol–water partition coefficient (Wildman–Crippen LogP) is 3.77. The first-order valence-electron chi connectivity index (χ1n) is 11.8. The average Bonchev–Trinajstić information content (AvgIpc) is 3.17. The SMILES string of the molecule is COc1cc(NC2CCNCC2)ccc1-c1nc2c(C)nn(C3CCCCC3)c2c(=O)[nH]1. The summed E-state index contributed by atoms with van der Waals surface area (Å²) in [5.74, 6) is 1.20. The molecule has 5 rings (SSSR count). The third-order valence-corrected chi connectivity index (χ3v) is 6.81. The molecule has 0 unspecified atom stereocenters. The number of fused-ring (bicyclic) bond motifs is 1. The fourth-order valence-corrected chi connectivity index (χ4v) is 5.09. The summed E-state index contributed by atoms with van der Waals surface area (Å²) in [5.41, 5.74) is 3.69. The first-order chi connectivity index (χ1) is 15.6. The van der Waals surface area contributed by atoms with Crippen molar-refractivity contribution in [3.63, 3.8) is 0 Å². The molecular formula is C24H32N6O2. The number of benzene rings is 1. The molecule has 1 aliphatic heterocycles. The Morgan fingerprint density at radius 3 is 2.66 bits per heavy atom. The number of rotatable bonds is 5. The summed E-state index contributed by atoms with van der Waals surface area (Å²) in [6.07, 6.45) is 7.95. The van der Waals surface area contributed by atoms with Gasteiger partial charge in [-0.05, 0) is 57.8 Å². The highest BCUT2D eigenvalue weighted by Gasteiger charge is 2.23. The Kier molecular flexibility index (Phi) is 5.87. The molecule has 8 nitrogen and oxygen atoms in total. The lowest BCUT2D eigenvalue weighted by Crippen LogP contribution is -2.35. The number of aryl methyl sites for hydroxylation is 1. The summed E-state index contributed by atoms with van der Waals surface area (Å²) in [5, 5.41) is 11.7. The number of ether oxygens (including phenoxy) is 1. The Balaban J connectivity index is 1.50. The van der Waals surface area contributed by atoms with E-state index in [1.54, 1.807) is 7.11 Å². The maximum atomic E-state index is 13.2. The number of nitrogens with zero attached hydrogens (tertiary/aromatic N) is 3. The summed E-state index contributed by atoms with van der Waals surface area (Å²) in [6.45, 7) is 4.00. The third kappa shape index (κ3) is 3.99. The van der Waals surface area contributed by atoms with Crippen molar-refractivity contribution in [2.24, 2.45) is 0 Å². The van der Waals surface area contributed by atoms with Crippen LogP contribution in [0.5, 0.6) is 5.75 Å². The lowest BCUT2D eigenvalue weighted by molar-refractivity contribution is 0.336. The molecule has 0 atom stereocenters. The molecule has 0 bridgehead atoms. The van der Waals surface area contributed by atoms with Gasteiger partial charge < -0.3 is 20.4 Å². The van der Waals surface area contributed by atoms with Gasteiger partial charge in [0.15, 0.2) is 5.52 Å². The minimum absolute atomic E-state index is 0.143. The summed E-state index contributed by atoms with van der Waals surface area (Å²) >= 11 is 0. The molecule has 2 aromatic heterocycles. The van der Waals surface area contributed by atoms with Crippen LogP contribution >= 0.6 is 0 Å². The maximum Gasteiger partial charge on any atom is 0.277 e. The lowest BCUT2D eigenvalue weighted by Gasteiger charge is -2.25. The van der Waals surface area contributed by atoms with Gasteiger partial charge in [0.25, 0.3) is 5.56 Å². The summed E-state index contributed by atoms with van der Waals surface area (Å²) in [4.78, 5) is 21.0. The van der Waals surface area contributed by atoms with E-state index in [1.807, 2.05) is 29.8 Å². The zero-order valence-corrected chi connectivity index (χ0v) is 18.9. The highest BCUT2D eigenvalue weighted by Crippen LogP contribution is 2.33. The number of nitrogens with one attached hydrogen (secondary N) is 3. The maximum absolute atomic E-state index is 13.2. The van der Waals surface area contributed by atoms with Gasteiger partial charge in [0.05, 0.1) is 24.4 Å². The van der Waals surface area contributed by atoms with Crippen LogP contribution in [0.15, 0.2) is 23.0 Å². The van der Waals surface area contributed by atoms with Gasteiger partial charge in [0, 0.05) is 17.8 Å². The second-order valence-electron chi connectivity index (χ2n) is 9.02. The minimum Gasteiger partial charge on any atom is -0.496 e. The molecule has 8 heteroatoms. The van der Waals surface area contributed by atoms with Crippen molar-refractivity contribution in [1.29, 1.82) is 0 Å². The van der Waals surface area contributed by atoms with Gasteiger partial charge in [0.1, 0.15) is 17.1 Å². The number of H-pyrrole nitrogens is 1. The first-order valence-corrected chi connectivity index (χ1v) is 11.8. The molecule has 0 amide bonds. The van der Waals surface area contributed by atoms with Gasteiger partial charge in [-0.3, -0.25) is 9.48 Å². The van der Waals surface area contributed by atoms with Crippen LogP contribution in [0.4, 0.5) is 5.69 Å². The van der Waals surface area contributed by atoms with E-state index in [2.05, 4.69) is 15.6 Å². The van der Waals surface area contributed by atoms with Gasteiger partial charge in [-0.25, -0.2) is 4.98 Å². The fourth-order valence-electron chi connectivity index (χ4n) is 5.09. The van der Waals surface area contributed by atoms with Crippen molar-refractivity contribution in [3.8, 4) is 17.1 Å². The Labute approximate surface area is 187 Å². The third-order valence-electron chi connectivity index (χ3n) is 6.81. The van der Waals surface area contributed by atoms with Gasteiger partial charge in [0.2, 0.25) is 0 Å². The highest BCUT2D eigenvalue weighted by atomic mass is 16.5. The van der Waals surface area contributed by atoms with Crippen molar-refractivity contribution in [2.75, 3.05) is 25.5 Å². The normalized spacial score (nSPS) is 18.2. The molecule has 1 aromatic carbocycles. The van der Waals surface area contributed by atoms with Crippen LogP contribution in [0.2, 0.25) is 0 Å². The van der Waals surface area contributed by atoms with E-state index in [0.717, 1.165) is 55.7 Å². The number of aromatic amines is 1. The first kappa shape index (κ1) is 21.0. The standard InChI is InChI=1S/C24H32N6O2/c1-15-21-22(30(29-15)18-6-4-3-5-7-18)24(31)28-23(27-21)19-9-8-17(14-20(19)32-2)26-16-10-12-25-13-11-16/h8-9,14,16,18,25-26H,3-7,10-13H2,1-2H3,(H,27,28,31). The molecule has 170 valence electrons. The van der Waals surface area contributed by atoms with Crippen molar-refractivity contribution in [2.45, 2.75) is 64.0 Å². The van der Waals surface area contributed by atoms with E-state index in [0.29, 0.717) is 28.6 Å². The summed E-state index contributed by atoms with van der Waals surface area (Å²) < 4.78 is 7.60. The number of hydrogen-bond donors (Lipinski definition) is 3. The van der Waals surface area contributed by atoms with Crippen molar-refractivity contribution < 1.29 is 4.74 Å². The van der Waals surface area contributed by atoms with Crippen LogP contribution in [-0.4, -0.2) is 46.0 Å². The molecule has 32 heavy (non-hydrogen) atoms. The van der Waals surface area contributed by atoms with Gasteiger partial charge in [-0.15, -0.1) is 0 Å². The van der Waals surface area contributed by atoms with Crippen LogP contribution in [-0.2, 0) is 0 Å². The monoisotopic (exact) mass is 436 g/mol. The topological polar surface area (TPSA) is 96.9 Å². The van der Waals surface area contributed by atoms with E-state index in [4.69, 9.17) is 14.8 Å². The smallest absolute Gasteiger partial charge is 0.277 e. The van der Waals surface area contributed by atoms with Gasteiger partial charge >= 0.3 is 0 Å². The molecule has 3 heterocycles. The Morgan fingerprint density at radius 2 is 1.91 bits per heavy atom. The van der Waals surface area contributed by atoms with Crippen LogP contribution < -0.4 is 20.9 Å². The highest BCUT2D eigenvalue weighted by molar-refractivity contribution is 5.80. The van der Waals surface area contributed by atoms with Crippen LogP contribution in [0.1, 0.15) is 56.7 Å². The Morgan fingerprint density at radius 1 is 1.12 bits per heavy atom. The number of aromatic nitrogens is 4. The summed E-state index contributed by atoms with van der Waals surface area (Å²) in [6, 6.07) is 6.72. The number of methoxy groups -OCH3 is 1. The molecular weight excluding hydrogens is 404 g/mol. The number of piperidine rings is 1. The van der Waals surface area contributed by atoms with Crippen LogP contribution in [0.3, 0.4) is 0 Å². The molecule has 0 radical (unpaired) electrons. The molecule has 1 saturated heterocycles. The zero-order chi connectivity index (χ0) is 22.1. The minimum atomic E-state index is -0.143. The van der Waals surface area contributed by atoms with E-state index >= 15 is 0 Å². The zero-order valence-electron chi connectivity index (χ0n) is 18.9. The quantitative estimate of drug-likeness (QED) is 0.563. The van der Waals surface area contributed by atoms with Gasteiger partial charge in [-0.1, -0.05) is 19.3 Å². The van der Waals surface area contributed by atoms with Gasteiger partial charge in [-0.2, -0.15) is 5.10 Å².